The van der Waals surface area contributed by atoms with Crippen molar-refractivity contribution in [3.8, 4) is 0 Å². The summed E-state index contributed by atoms with van der Waals surface area (Å²) in [4.78, 5) is 4.02. The first-order valence-corrected chi connectivity index (χ1v) is 5.28. The Balaban J connectivity index is 1.92. The number of aryl methyl sites for hydroxylation is 1. The molecule has 0 amide bonds. The second-order valence-corrected chi connectivity index (χ2v) is 3.95. The van der Waals surface area contributed by atoms with Crippen molar-refractivity contribution in [3.63, 3.8) is 0 Å². The van der Waals surface area contributed by atoms with Gasteiger partial charge in [-0.15, -0.1) is 0 Å². The Hall–Kier alpha value is -1.68. The molecule has 1 atom stereocenters. The minimum atomic E-state index is -0.381. The molecule has 1 N–H and O–H groups in total. The average Bonchev–Trinajstić information content (AvgIpc) is 2.65. The average molecular weight is 217 g/mol. The minimum Gasteiger partial charge on any atom is -0.392 e. The molecule has 0 radical (unpaired) electrons. The highest BCUT2D eigenvalue weighted by Gasteiger charge is 2.08. The number of hydrogen-bond donors (Lipinski definition) is 1. The highest BCUT2D eigenvalue weighted by Crippen LogP contribution is 2.07. The monoisotopic (exact) mass is 217 g/mol. The van der Waals surface area contributed by atoms with Gasteiger partial charge in [0, 0.05) is 38.5 Å². The first-order chi connectivity index (χ1) is 7.74. The first kappa shape index (κ1) is 10.8. The molecule has 2 rings (SSSR count). The van der Waals surface area contributed by atoms with Crippen LogP contribution in [0.4, 0.5) is 0 Å². The van der Waals surface area contributed by atoms with Crippen LogP contribution in [-0.4, -0.2) is 26.0 Å². The quantitative estimate of drug-likeness (QED) is 0.830. The Bertz CT molecular complexity index is 439. The summed E-state index contributed by atoms with van der Waals surface area (Å²) in [5, 5.41) is 14.0. The first-order valence-electron chi connectivity index (χ1n) is 5.28. The summed E-state index contributed by atoms with van der Waals surface area (Å²) in [5.41, 5.74) is 2.11. The van der Waals surface area contributed by atoms with E-state index < -0.39 is 0 Å². The number of aromatic nitrogens is 3. The van der Waals surface area contributed by atoms with E-state index in [0.29, 0.717) is 12.8 Å². The molecule has 4 nitrogen and oxygen atoms in total. The molecule has 0 aromatic carbocycles. The lowest BCUT2D eigenvalue weighted by Gasteiger charge is -2.08. The summed E-state index contributed by atoms with van der Waals surface area (Å²) in [6.45, 7) is 0. The summed E-state index contributed by atoms with van der Waals surface area (Å²) in [6, 6.07) is 3.85. The van der Waals surface area contributed by atoms with Crippen LogP contribution in [0.3, 0.4) is 0 Å². The molecule has 2 aromatic heterocycles. The van der Waals surface area contributed by atoms with Gasteiger partial charge in [-0.1, -0.05) is 6.07 Å². The molecule has 0 fully saturated rings. The van der Waals surface area contributed by atoms with E-state index in [4.69, 9.17) is 0 Å². The van der Waals surface area contributed by atoms with E-state index in [2.05, 4.69) is 10.1 Å². The maximum atomic E-state index is 9.90. The van der Waals surface area contributed by atoms with Crippen molar-refractivity contribution in [2.75, 3.05) is 0 Å². The summed E-state index contributed by atoms with van der Waals surface area (Å²) >= 11 is 0. The predicted molar refractivity (Wildman–Crippen MR) is 60.9 cm³/mol. The number of hydrogen-bond acceptors (Lipinski definition) is 3. The van der Waals surface area contributed by atoms with Gasteiger partial charge in [0.15, 0.2) is 0 Å². The van der Waals surface area contributed by atoms with Gasteiger partial charge in [0.1, 0.15) is 0 Å². The van der Waals surface area contributed by atoms with Gasteiger partial charge < -0.3 is 5.11 Å². The van der Waals surface area contributed by atoms with Crippen molar-refractivity contribution in [1.82, 2.24) is 14.8 Å². The zero-order chi connectivity index (χ0) is 11.4. The molecule has 0 bridgehead atoms. The van der Waals surface area contributed by atoms with Crippen LogP contribution in [0.15, 0.2) is 36.9 Å². The fourth-order valence-corrected chi connectivity index (χ4v) is 1.71. The van der Waals surface area contributed by atoms with Crippen molar-refractivity contribution in [2.45, 2.75) is 18.9 Å². The third-order valence-electron chi connectivity index (χ3n) is 2.42. The molecule has 0 spiro atoms. The topological polar surface area (TPSA) is 50.9 Å². The van der Waals surface area contributed by atoms with Crippen molar-refractivity contribution in [2.24, 2.45) is 7.05 Å². The van der Waals surface area contributed by atoms with E-state index in [1.165, 1.54) is 0 Å². The van der Waals surface area contributed by atoms with Crippen LogP contribution in [0.2, 0.25) is 0 Å². The Kier molecular flexibility index (Phi) is 3.31. The third kappa shape index (κ3) is 2.90. The van der Waals surface area contributed by atoms with Crippen LogP contribution >= 0.6 is 0 Å². The normalized spacial score (nSPS) is 12.6. The number of aliphatic hydroxyl groups is 1. The Labute approximate surface area is 94.6 Å². The van der Waals surface area contributed by atoms with E-state index in [1.54, 1.807) is 23.3 Å². The standard InChI is InChI=1S/C12H15N3O/c1-15-9-11(8-14-15)6-12(16)5-10-3-2-4-13-7-10/h2-4,7-9,12,16H,5-6H2,1H3. The molecule has 0 aliphatic heterocycles. The number of aliphatic hydroxyl groups excluding tert-OH is 1. The summed E-state index contributed by atoms with van der Waals surface area (Å²) in [7, 11) is 1.87. The minimum absolute atomic E-state index is 0.381. The van der Waals surface area contributed by atoms with E-state index in [1.807, 2.05) is 25.4 Å². The maximum Gasteiger partial charge on any atom is 0.0622 e. The van der Waals surface area contributed by atoms with E-state index in [0.717, 1.165) is 11.1 Å². The van der Waals surface area contributed by atoms with Crippen LogP contribution in [0.5, 0.6) is 0 Å². The number of rotatable bonds is 4. The van der Waals surface area contributed by atoms with Crippen molar-refractivity contribution in [3.05, 3.63) is 48.0 Å². The third-order valence-corrected chi connectivity index (χ3v) is 2.42. The van der Waals surface area contributed by atoms with Crippen molar-refractivity contribution in [1.29, 1.82) is 0 Å². The summed E-state index contributed by atoms with van der Waals surface area (Å²) in [5.74, 6) is 0. The van der Waals surface area contributed by atoms with Gasteiger partial charge in [-0.05, 0) is 17.2 Å². The molecule has 0 saturated heterocycles. The van der Waals surface area contributed by atoms with Crippen LogP contribution < -0.4 is 0 Å². The van der Waals surface area contributed by atoms with Crippen molar-refractivity contribution >= 4 is 0 Å². The van der Waals surface area contributed by atoms with Crippen LogP contribution in [0.1, 0.15) is 11.1 Å². The van der Waals surface area contributed by atoms with Gasteiger partial charge in [-0.2, -0.15) is 5.10 Å². The zero-order valence-corrected chi connectivity index (χ0v) is 9.24. The smallest absolute Gasteiger partial charge is 0.0622 e. The highest BCUT2D eigenvalue weighted by atomic mass is 16.3. The molecule has 0 saturated carbocycles. The molecule has 2 aromatic rings. The lowest BCUT2D eigenvalue weighted by molar-refractivity contribution is 0.175. The van der Waals surface area contributed by atoms with Crippen molar-refractivity contribution < 1.29 is 5.11 Å². The molecular weight excluding hydrogens is 202 g/mol. The number of nitrogens with zero attached hydrogens (tertiary/aromatic N) is 3. The van der Waals surface area contributed by atoms with Gasteiger partial charge in [-0.25, -0.2) is 0 Å². The predicted octanol–water partition coefficient (Wildman–Crippen LogP) is 0.961. The second kappa shape index (κ2) is 4.90. The molecular formula is C12H15N3O. The Morgan fingerprint density at radius 1 is 1.31 bits per heavy atom. The molecule has 84 valence electrons. The second-order valence-electron chi connectivity index (χ2n) is 3.95. The molecule has 4 heteroatoms. The highest BCUT2D eigenvalue weighted by molar-refractivity contribution is 5.12. The van der Waals surface area contributed by atoms with E-state index >= 15 is 0 Å². The zero-order valence-electron chi connectivity index (χ0n) is 9.24. The largest absolute Gasteiger partial charge is 0.392 e. The van der Waals surface area contributed by atoms with Gasteiger partial charge in [0.2, 0.25) is 0 Å². The van der Waals surface area contributed by atoms with Crippen LogP contribution in [0, 0.1) is 0 Å². The van der Waals surface area contributed by atoms with E-state index in [-0.39, 0.29) is 6.10 Å². The van der Waals surface area contributed by atoms with E-state index in [9.17, 15) is 5.11 Å². The van der Waals surface area contributed by atoms with Gasteiger partial charge >= 0.3 is 0 Å². The van der Waals surface area contributed by atoms with Gasteiger partial charge in [0.25, 0.3) is 0 Å². The summed E-state index contributed by atoms with van der Waals surface area (Å²) < 4.78 is 1.74. The number of pyridine rings is 1. The maximum absolute atomic E-state index is 9.90. The van der Waals surface area contributed by atoms with Gasteiger partial charge in [-0.3, -0.25) is 9.67 Å². The lowest BCUT2D eigenvalue weighted by atomic mass is 10.0. The van der Waals surface area contributed by atoms with Crippen LogP contribution in [0.25, 0.3) is 0 Å². The molecule has 1 unspecified atom stereocenters. The fourth-order valence-electron chi connectivity index (χ4n) is 1.71. The Morgan fingerprint density at radius 2 is 2.12 bits per heavy atom. The fraction of sp³-hybridized carbons (Fsp3) is 0.333. The molecule has 0 aliphatic carbocycles. The summed E-state index contributed by atoms with van der Waals surface area (Å²) in [6.07, 6.45) is 8.10. The molecule has 2 heterocycles. The SMILES string of the molecule is Cn1cc(CC(O)Cc2cccnc2)cn1. The molecule has 0 aliphatic rings. The Morgan fingerprint density at radius 3 is 2.75 bits per heavy atom. The van der Waals surface area contributed by atoms with Gasteiger partial charge in [0.05, 0.1) is 12.3 Å². The lowest BCUT2D eigenvalue weighted by Crippen LogP contribution is -2.13. The molecule has 16 heavy (non-hydrogen) atoms. The van der Waals surface area contributed by atoms with Crippen LogP contribution in [-0.2, 0) is 19.9 Å².